The first-order chi connectivity index (χ1) is 6.99. The number of nitrogens with zero attached hydrogens (tertiary/aromatic N) is 3. The fraction of sp³-hybridized carbons (Fsp3) is 0.800. The SMILES string of the molecule is CN1CCN(C2=NC(C)(C)C(=S)S2)CC1. The third-order valence-electron chi connectivity index (χ3n) is 2.83. The molecular weight excluding hydrogens is 226 g/mol. The molecule has 84 valence electrons. The Morgan fingerprint density at radius 3 is 2.33 bits per heavy atom. The largest absolute Gasteiger partial charge is 0.349 e. The summed E-state index contributed by atoms with van der Waals surface area (Å²) >= 11 is 7.01. The minimum absolute atomic E-state index is 0.154. The van der Waals surface area contributed by atoms with Crippen molar-refractivity contribution in [2.45, 2.75) is 19.4 Å². The smallest absolute Gasteiger partial charge is 0.165 e. The van der Waals surface area contributed by atoms with Crippen LogP contribution in [-0.2, 0) is 0 Å². The third-order valence-corrected chi connectivity index (χ3v) is 4.80. The van der Waals surface area contributed by atoms with Gasteiger partial charge in [0.05, 0.1) is 9.74 Å². The maximum absolute atomic E-state index is 5.34. The van der Waals surface area contributed by atoms with Gasteiger partial charge in [0, 0.05) is 26.2 Å². The van der Waals surface area contributed by atoms with Gasteiger partial charge in [-0.1, -0.05) is 12.2 Å². The number of hydrogen-bond donors (Lipinski definition) is 0. The van der Waals surface area contributed by atoms with Crippen molar-refractivity contribution in [2.24, 2.45) is 4.99 Å². The number of aliphatic imine (C=N–C) groups is 1. The molecule has 3 nitrogen and oxygen atoms in total. The van der Waals surface area contributed by atoms with E-state index in [1.165, 1.54) is 0 Å². The molecule has 0 aromatic carbocycles. The highest BCUT2D eigenvalue weighted by molar-refractivity contribution is 8.33. The van der Waals surface area contributed by atoms with E-state index in [0.29, 0.717) is 0 Å². The highest BCUT2D eigenvalue weighted by atomic mass is 32.2. The summed E-state index contributed by atoms with van der Waals surface area (Å²) in [6.45, 7) is 8.55. The summed E-state index contributed by atoms with van der Waals surface area (Å²) in [6.07, 6.45) is 0. The first-order valence-electron chi connectivity index (χ1n) is 5.25. The molecule has 0 spiro atoms. The molecule has 1 fully saturated rings. The second kappa shape index (κ2) is 4.03. The van der Waals surface area contributed by atoms with Crippen LogP contribution in [0.2, 0.25) is 0 Å². The Morgan fingerprint density at radius 2 is 1.87 bits per heavy atom. The molecule has 0 saturated carbocycles. The molecule has 0 aliphatic carbocycles. The molecule has 5 heteroatoms. The quantitative estimate of drug-likeness (QED) is 0.599. The van der Waals surface area contributed by atoms with Crippen LogP contribution in [-0.4, -0.2) is 57.9 Å². The van der Waals surface area contributed by atoms with Gasteiger partial charge in [0.25, 0.3) is 0 Å². The van der Waals surface area contributed by atoms with Crippen molar-refractivity contribution >= 4 is 33.3 Å². The lowest BCUT2D eigenvalue weighted by Gasteiger charge is -2.33. The van der Waals surface area contributed by atoms with Crippen LogP contribution >= 0.6 is 24.0 Å². The van der Waals surface area contributed by atoms with Gasteiger partial charge >= 0.3 is 0 Å². The van der Waals surface area contributed by atoms with Gasteiger partial charge in [0.2, 0.25) is 0 Å². The van der Waals surface area contributed by atoms with Gasteiger partial charge in [-0.3, -0.25) is 0 Å². The van der Waals surface area contributed by atoms with E-state index >= 15 is 0 Å². The number of amidine groups is 1. The Bertz CT molecular complexity index is 304. The maximum Gasteiger partial charge on any atom is 0.165 e. The van der Waals surface area contributed by atoms with Crippen LogP contribution in [0.15, 0.2) is 4.99 Å². The molecule has 2 rings (SSSR count). The van der Waals surface area contributed by atoms with Gasteiger partial charge in [-0.25, -0.2) is 4.99 Å². The summed E-state index contributed by atoms with van der Waals surface area (Å²) in [5.74, 6) is 0. The molecule has 0 radical (unpaired) electrons. The maximum atomic E-state index is 5.34. The molecule has 0 amide bonds. The van der Waals surface area contributed by atoms with Crippen LogP contribution in [0.5, 0.6) is 0 Å². The van der Waals surface area contributed by atoms with Gasteiger partial charge in [0.15, 0.2) is 5.17 Å². The number of rotatable bonds is 0. The Morgan fingerprint density at radius 1 is 1.27 bits per heavy atom. The van der Waals surface area contributed by atoms with Gasteiger partial charge in [-0.2, -0.15) is 0 Å². The number of piperazine rings is 1. The summed E-state index contributed by atoms with van der Waals surface area (Å²) in [5.41, 5.74) is -0.154. The molecule has 15 heavy (non-hydrogen) atoms. The molecule has 1 saturated heterocycles. The Labute approximate surface area is 101 Å². The third kappa shape index (κ3) is 2.34. The number of hydrogen-bond acceptors (Lipinski definition) is 5. The summed E-state index contributed by atoms with van der Waals surface area (Å²) in [7, 11) is 2.16. The van der Waals surface area contributed by atoms with E-state index in [9.17, 15) is 0 Å². The topological polar surface area (TPSA) is 18.8 Å². The minimum Gasteiger partial charge on any atom is -0.349 e. The van der Waals surface area contributed by atoms with Gasteiger partial charge < -0.3 is 9.80 Å². The van der Waals surface area contributed by atoms with Crippen LogP contribution in [0.1, 0.15) is 13.8 Å². The van der Waals surface area contributed by atoms with Crippen LogP contribution in [0.4, 0.5) is 0 Å². The predicted molar refractivity (Wildman–Crippen MR) is 70.8 cm³/mol. The molecule has 0 atom stereocenters. The average Bonchev–Trinajstić information content (AvgIpc) is 2.42. The molecule has 0 aromatic heterocycles. The average molecular weight is 243 g/mol. The Kier molecular flexibility index (Phi) is 3.05. The number of likely N-dealkylation sites (N-methyl/N-ethyl adjacent to an activating group) is 1. The Hall–Kier alpha value is -0.130. The molecule has 2 aliphatic heterocycles. The van der Waals surface area contributed by atoms with Crippen LogP contribution < -0.4 is 0 Å². The summed E-state index contributed by atoms with van der Waals surface area (Å²) in [5, 5.41) is 1.12. The summed E-state index contributed by atoms with van der Waals surface area (Å²) in [6, 6.07) is 0. The number of thioether (sulfide) groups is 1. The standard InChI is InChI=1S/C10H17N3S2/c1-10(2)8(14)15-9(11-10)13-6-4-12(3)5-7-13/h4-7H2,1-3H3. The van der Waals surface area contributed by atoms with E-state index in [0.717, 1.165) is 35.5 Å². The summed E-state index contributed by atoms with van der Waals surface area (Å²) in [4.78, 5) is 9.40. The second-order valence-electron chi connectivity index (χ2n) is 4.63. The fourth-order valence-corrected chi connectivity index (χ4v) is 2.96. The van der Waals surface area contributed by atoms with Crippen molar-refractivity contribution in [3.05, 3.63) is 0 Å². The van der Waals surface area contributed by atoms with Crippen molar-refractivity contribution in [3.63, 3.8) is 0 Å². The lowest BCUT2D eigenvalue weighted by atomic mass is 10.1. The van der Waals surface area contributed by atoms with Crippen LogP contribution in [0.25, 0.3) is 0 Å². The highest BCUT2D eigenvalue weighted by Gasteiger charge is 2.34. The first-order valence-corrected chi connectivity index (χ1v) is 6.47. The molecule has 2 aliphatic rings. The van der Waals surface area contributed by atoms with E-state index < -0.39 is 0 Å². The minimum atomic E-state index is -0.154. The van der Waals surface area contributed by atoms with Crippen LogP contribution in [0, 0.1) is 0 Å². The lowest BCUT2D eigenvalue weighted by Crippen LogP contribution is -2.46. The van der Waals surface area contributed by atoms with Crippen molar-refractivity contribution in [1.29, 1.82) is 0 Å². The summed E-state index contributed by atoms with van der Waals surface area (Å²) < 4.78 is 0.997. The molecule has 0 unspecified atom stereocenters. The lowest BCUT2D eigenvalue weighted by molar-refractivity contribution is 0.217. The van der Waals surface area contributed by atoms with E-state index in [2.05, 4.69) is 30.7 Å². The molecule has 2 heterocycles. The van der Waals surface area contributed by atoms with Gasteiger partial charge in [-0.05, 0) is 32.7 Å². The van der Waals surface area contributed by atoms with E-state index in [1.54, 1.807) is 11.8 Å². The Balaban J connectivity index is 2.04. The van der Waals surface area contributed by atoms with Crippen molar-refractivity contribution in [3.8, 4) is 0 Å². The molecule has 0 aromatic rings. The van der Waals surface area contributed by atoms with Crippen molar-refractivity contribution in [2.75, 3.05) is 33.2 Å². The highest BCUT2D eigenvalue weighted by Crippen LogP contribution is 2.32. The molecule has 0 N–H and O–H groups in total. The zero-order valence-electron chi connectivity index (χ0n) is 9.49. The molecular formula is C10H17N3S2. The van der Waals surface area contributed by atoms with E-state index in [1.807, 2.05) is 0 Å². The van der Waals surface area contributed by atoms with E-state index in [-0.39, 0.29) is 5.54 Å². The van der Waals surface area contributed by atoms with Crippen LogP contribution in [0.3, 0.4) is 0 Å². The first kappa shape index (κ1) is 11.4. The number of thiocarbonyl (C=S) groups is 1. The predicted octanol–water partition coefficient (Wildman–Crippen LogP) is 1.44. The van der Waals surface area contributed by atoms with Crippen molar-refractivity contribution in [1.82, 2.24) is 9.80 Å². The zero-order chi connectivity index (χ0) is 11.1. The fourth-order valence-electron chi connectivity index (χ4n) is 1.65. The normalized spacial score (nSPS) is 27.0. The zero-order valence-corrected chi connectivity index (χ0v) is 11.1. The van der Waals surface area contributed by atoms with Gasteiger partial charge in [0.1, 0.15) is 0 Å². The van der Waals surface area contributed by atoms with Gasteiger partial charge in [-0.15, -0.1) is 0 Å². The molecule has 0 bridgehead atoms. The van der Waals surface area contributed by atoms with E-state index in [4.69, 9.17) is 17.2 Å². The van der Waals surface area contributed by atoms with Crippen molar-refractivity contribution < 1.29 is 0 Å². The monoisotopic (exact) mass is 243 g/mol. The second-order valence-corrected chi connectivity index (χ2v) is 6.28.